The van der Waals surface area contributed by atoms with Crippen LogP contribution in [0.25, 0.3) is 0 Å². The molecule has 1 saturated heterocycles. The fourth-order valence-corrected chi connectivity index (χ4v) is 2.79. The van der Waals surface area contributed by atoms with Gasteiger partial charge in [-0.15, -0.1) is 22.9 Å². The van der Waals surface area contributed by atoms with Crippen molar-refractivity contribution >= 4 is 57.4 Å². The molecule has 0 bridgehead atoms. The van der Waals surface area contributed by atoms with Gasteiger partial charge in [-0.2, -0.15) is 0 Å². The summed E-state index contributed by atoms with van der Waals surface area (Å²) in [7, 11) is 2.46. The number of thiazole rings is 1. The summed E-state index contributed by atoms with van der Waals surface area (Å²) in [5.74, 6) is -2.70. The number of nitrogens with zero attached hydrogens (tertiary/aromatic N) is 2. The van der Waals surface area contributed by atoms with Crippen molar-refractivity contribution < 1.29 is 28.9 Å². The van der Waals surface area contributed by atoms with Gasteiger partial charge in [0.1, 0.15) is 30.8 Å². The standard InChI is InChI=1S/C13H15ClN6O6S/c1-25-19-7(5-4-27-13(15-5)16-6(21)3-14)10(22)17-8-9(18-11(8)23)12(24)20-26-2/h4,8-9H,3H2,1-2H3,(H,17,22)(H,18,23)(H,20,24)(H,15,16,21). The Morgan fingerprint density at radius 2 is 2.15 bits per heavy atom. The zero-order chi connectivity index (χ0) is 20.0. The molecule has 27 heavy (non-hydrogen) atoms. The average Bonchev–Trinajstić information content (AvgIpc) is 3.09. The van der Waals surface area contributed by atoms with Crippen molar-refractivity contribution in [3.63, 3.8) is 0 Å². The molecule has 1 aromatic rings. The van der Waals surface area contributed by atoms with E-state index in [0.717, 1.165) is 11.3 Å². The molecule has 0 spiro atoms. The number of amides is 4. The molecule has 0 aliphatic carbocycles. The first-order valence-corrected chi connectivity index (χ1v) is 8.69. The summed E-state index contributed by atoms with van der Waals surface area (Å²) in [4.78, 5) is 60.4. The first kappa shape index (κ1) is 20.5. The van der Waals surface area contributed by atoms with E-state index in [2.05, 4.69) is 41.2 Å². The van der Waals surface area contributed by atoms with Gasteiger partial charge in [-0.1, -0.05) is 5.16 Å². The number of oxime groups is 1. The Labute approximate surface area is 161 Å². The summed E-state index contributed by atoms with van der Waals surface area (Å²) >= 11 is 6.44. The molecular weight excluding hydrogens is 404 g/mol. The summed E-state index contributed by atoms with van der Waals surface area (Å²) in [6.07, 6.45) is 0. The van der Waals surface area contributed by atoms with Crippen molar-refractivity contribution in [1.29, 1.82) is 0 Å². The van der Waals surface area contributed by atoms with Gasteiger partial charge in [-0.3, -0.25) is 24.0 Å². The summed E-state index contributed by atoms with van der Waals surface area (Å²) < 4.78 is 0. The number of β-lactam (4-membered cyclic amide) rings is 1. The number of alkyl halides is 1. The topological polar surface area (TPSA) is 160 Å². The van der Waals surface area contributed by atoms with Crippen molar-refractivity contribution in [3.05, 3.63) is 11.1 Å². The quantitative estimate of drug-likeness (QED) is 0.170. The first-order chi connectivity index (χ1) is 12.9. The number of nitrogens with one attached hydrogen (secondary N) is 4. The molecule has 0 saturated carbocycles. The number of hydroxylamine groups is 1. The summed E-state index contributed by atoms with van der Waals surface area (Å²) in [6, 6.07) is -2.12. The lowest BCUT2D eigenvalue weighted by atomic mass is 9.98. The van der Waals surface area contributed by atoms with Gasteiger partial charge in [-0.05, 0) is 0 Å². The normalized spacial score (nSPS) is 18.8. The van der Waals surface area contributed by atoms with Crippen molar-refractivity contribution in [2.75, 3.05) is 25.4 Å². The van der Waals surface area contributed by atoms with Crippen LogP contribution >= 0.6 is 22.9 Å². The maximum Gasteiger partial charge on any atom is 0.276 e. The Bertz CT molecular complexity index is 783. The molecule has 2 rings (SSSR count). The molecular formula is C13H15ClN6O6S. The Balaban J connectivity index is 2.11. The molecule has 1 aliphatic heterocycles. The highest BCUT2D eigenvalue weighted by Crippen LogP contribution is 2.17. The molecule has 0 aromatic carbocycles. The van der Waals surface area contributed by atoms with E-state index in [1.165, 1.54) is 19.6 Å². The molecule has 146 valence electrons. The van der Waals surface area contributed by atoms with Crippen LogP contribution < -0.4 is 21.4 Å². The van der Waals surface area contributed by atoms with E-state index >= 15 is 0 Å². The minimum absolute atomic E-state index is 0.0989. The van der Waals surface area contributed by atoms with Crippen molar-refractivity contribution in [1.82, 2.24) is 21.1 Å². The van der Waals surface area contributed by atoms with Gasteiger partial charge in [0.25, 0.3) is 11.8 Å². The molecule has 12 nitrogen and oxygen atoms in total. The lowest BCUT2D eigenvalue weighted by Crippen LogP contribution is -2.73. The second-order valence-corrected chi connectivity index (χ2v) is 6.08. The fourth-order valence-electron chi connectivity index (χ4n) is 2.01. The van der Waals surface area contributed by atoms with E-state index in [0.29, 0.717) is 0 Å². The van der Waals surface area contributed by atoms with Crippen LogP contribution in [0.1, 0.15) is 5.69 Å². The Morgan fingerprint density at radius 1 is 1.41 bits per heavy atom. The molecule has 1 aromatic heterocycles. The minimum atomic E-state index is -1.12. The molecule has 2 unspecified atom stereocenters. The Hall–Kier alpha value is -2.77. The van der Waals surface area contributed by atoms with Crippen molar-refractivity contribution in [2.24, 2.45) is 5.16 Å². The molecule has 1 aliphatic rings. The van der Waals surface area contributed by atoms with E-state index < -0.39 is 35.7 Å². The van der Waals surface area contributed by atoms with Crippen LogP contribution in [0.4, 0.5) is 5.13 Å². The first-order valence-electron chi connectivity index (χ1n) is 7.28. The minimum Gasteiger partial charge on any atom is -0.398 e. The monoisotopic (exact) mass is 418 g/mol. The van der Waals surface area contributed by atoms with Crippen LogP contribution in [0.2, 0.25) is 0 Å². The van der Waals surface area contributed by atoms with Gasteiger partial charge in [0.2, 0.25) is 11.8 Å². The highest BCUT2D eigenvalue weighted by molar-refractivity contribution is 7.14. The third kappa shape index (κ3) is 4.90. The van der Waals surface area contributed by atoms with Crippen molar-refractivity contribution in [2.45, 2.75) is 12.1 Å². The van der Waals surface area contributed by atoms with E-state index in [-0.39, 0.29) is 22.4 Å². The predicted octanol–water partition coefficient (Wildman–Crippen LogP) is -1.67. The van der Waals surface area contributed by atoms with Crippen molar-refractivity contribution in [3.8, 4) is 0 Å². The summed E-state index contributed by atoms with van der Waals surface area (Å²) in [5, 5.41) is 12.4. The maximum absolute atomic E-state index is 12.5. The molecule has 4 N–H and O–H groups in total. The van der Waals surface area contributed by atoms with Crippen LogP contribution in [-0.2, 0) is 28.9 Å². The van der Waals surface area contributed by atoms with Gasteiger partial charge in [0.15, 0.2) is 10.8 Å². The van der Waals surface area contributed by atoms with Gasteiger partial charge >= 0.3 is 0 Å². The number of halogens is 1. The number of anilines is 1. The van der Waals surface area contributed by atoms with E-state index in [9.17, 15) is 19.2 Å². The lowest BCUT2D eigenvalue weighted by Gasteiger charge is -2.35. The Morgan fingerprint density at radius 3 is 2.74 bits per heavy atom. The van der Waals surface area contributed by atoms with Gasteiger partial charge in [0.05, 0.1) is 7.11 Å². The zero-order valence-corrected chi connectivity index (χ0v) is 15.6. The highest BCUT2D eigenvalue weighted by Gasteiger charge is 2.45. The second-order valence-electron chi connectivity index (χ2n) is 4.95. The Kier molecular flexibility index (Phi) is 7.04. The van der Waals surface area contributed by atoms with Crippen LogP contribution in [0.3, 0.4) is 0 Å². The van der Waals surface area contributed by atoms with Gasteiger partial charge in [-0.25, -0.2) is 10.5 Å². The molecule has 4 amide bonds. The third-order valence-electron chi connectivity index (χ3n) is 3.20. The van der Waals surface area contributed by atoms with Crippen LogP contribution in [0.5, 0.6) is 0 Å². The number of rotatable bonds is 8. The van der Waals surface area contributed by atoms with Crippen LogP contribution in [0, 0.1) is 0 Å². The number of carbonyl (C=O) groups excluding carboxylic acids is 4. The predicted molar refractivity (Wildman–Crippen MR) is 94.0 cm³/mol. The molecule has 0 radical (unpaired) electrons. The summed E-state index contributed by atoms with van der Waals surface area (Å²) in [5.41, 5.74) is 1.92. The second kappa shape index (κ2) is 9.25. The molecule has 2 atom stereocenters. The molecule has 1 fully saturated rings. The van der Waals surface area contributed by atoms with E-state index in [1.807, 2.05) is 0 Å². The molecule has 14 heteroatoms. The highest BCUT2D eigenvalue weighted by atomic mass is 35.5. The van der Waals surface area contributed by atoms with Gasteiger partial charge < -0.3 is 20.8 Å². The number of hydrogen-bond donors (Lipinski definition) is 4. The largest absolute Gasteiger partial charge is 0.398 e. The van der Waals surface area contributed by atoms with Crippen LogP contribution in [0.15, 0.2) is 10.5 Å². The van der Waals surface area contributed by atoms with E-state index in [1.54, 1.807) is 0 Å². The lowest BCUT2D eigenvalue weighted by molar-refractivity contribution is -0.146. The maximum atomic E-state index is 12.5. The fraction of sp³-hybridized carbons (Fsp3) is 0.385. The van der Waals surface area contributed by atoms with Gasteiger partial charge in [0, 0.05) is 5.38 Å². The SMILES string of the molecule is CON=C(C(=O)NC1C(=O)NC1C(=O)NOC)c1csc(NC(=O)CCl)n1. The summed E-state index contributed by atoms with van der Waals surface area (Å²) in [6.45, 7) is 0. The van der Waals surface area contributed by atoms with Crippen LogP contribution in [-0.4, -0.2) is 66.5 Å². The number of hydrogen-bond acceptors (Lipinski definition) is 9. The molecule has 2 heterocycles. The third-order valence-corrected chi connectivity index (χ3v) is 4.20. The number of aromatic nitrogens is 1. The smallest absolute Gasteiger partial charge is 0.276 e. The van der Waals surface area contributed by atoms with E-state index in [4.69, 9.17) is 11.6 Å². The number of carbonyl (C=O) groups is 4. The average molecular weight is 419 g/mol. The zero-order valence-electron chi connectivity index (χ0n) is 14.1.